The standard InChI is InChI=1S/C26H25F7O3/c1-2-13-7-25(8-13)9-15(10-25)16-11-34-24(35-12-16)14-3-18(27)22(19(28)4-14)26(32,33)36-17-5-20(29)23(31)21(30)6-17/h3-6,13,15-16,24H,2,7-12H2,1H3. The summed E-state index contributed by atoms with van der Waals surface area (Å²) >= 11 is 0. The largest absolute Gasteiger partial charge is 0.432 e. The summed E-state index contributed by atoms with van der Waals surface area (Å²) in [7, 11) is 0. The molecule has 36 heavy (non-hydrogen) atoms. The van der Waals surface area contributed by atoms with Gasteiger partial charge < -0.3 is 14.2 Å². The van der Waals surface area contributed by atoms with Gasteiger partial charge in [0.1, 0.15) is 22.9 Å². The van der Waals surface area contributed by atoms with Crippen LogP contribution in [0.15, 0.2) is 24.3 Å². The molecule has 3 fully saturated rings. The lowest BCUT2D eigenvalue weighted by molar-refractivity contribution is -0.229. The first kappa shape index (κ1) is 25.3. The van der Waals surface area contributed by atoms with Gasteiger partial charge in [0.15, 0.2) is 23.7 Å². The van der Waals surface area contributed by atoms with E-state index in [4.69, 9.17) is 9.47 Å². The third-order valence-corrected chi connectivity index (χ3v) is 7.83. The van der Waals surface area contributed by atoms with Crippen molar-refractivity contribution in [2.75, 3.05) is 13.2 Å². The number of hydrogen-bond acceptors (Lipinski definition) is 3. The van der Waals surface area contributed by atoms with Gasteiger partial charge in [-0.05, 0) is 55.1 Å². The second-order valence-electron chi connectivity index (χ2n) is 10.3. The number of alkyl halides is 2. The molecule has 196 valence electrons. The minimum atomic E-state index is -4.65. The molecule has 1 heterocycles. The molecule has 1 spiro atoms. The quantitative estimate of drug-likeness (QED) is 0.295. The van der Waals surface area contributed by atoms with E-state index in [0.717, 1.165) is 18.8 Å². The number of hydrogen-bond donors (Lipinski definition) is 0. The van der Waals surface area contributed by atoms with E-state index in [1.165, 1.54) is 19.3 Å². The van der Waals surface area contributed by atoms with E-state index in [0.29, 0.717) is 36.7 Å². The van der Waals surface area contributed by atoms with Gasteiger partial charge in [-0.2, -0.15) is 8.78 Å². The molecule has 1 aliphatic heterocycles. The minimum Gasteiger partial charge on any atom is -0.429 e. The number of halogens is 7. The van der Waals surface area contributed by atoms with Crippen molar-refractivity contribution in [2.24, 2.45) is 23.2 Å². The van der Waals surface area contributed by atoms with Gasteiger partial charge >= 0.3 is 6.11 Å². The first-order chi connectivity index (χ1) is 17.0. The molecule has 3 aliphatic rings. The highest BCUT2D eigenvalue weighted by atomic mass is 19.3. The SMILES string of the molecule is CCC1CC2(C1)CC(C1COC(c3cc(F)c(C(F)(F)Oc4cc(F)c(F)c(F)c4)c(F)c3)OC1)C2. The molecule has 2 aromatic rings. The van der Waals surface area contributed by atoms with Gasteiger partial charge in [0.25, 0.3) is 0 Å². The number of ether oxygens (including phenoxy) is 3. The van der Waals surface area contributed by atoms with E-state index in [9.17, 15) is 30.7 Å². The zero-order valence-corrected chi connectivity index (χ0v) is 19.4. The van der Waals surface area contributed by atoms with Crippen LogP contribution in [-0.2, 0) is 15.6 Å². The monoisotopic (exact) mass is 518 g/mol. The lowest BCUT2D eigenvalue weighted by atomic mass is 9.46. The average Bonchev–Trinajstić information content (AvgIpc) is 2.75. The van der Waals surface area contributed by atoms with Gasteiger partial charge in [0.2, 0.25) is 0 Å². The fourth-order valence-corrected chi connectivity index (χ4v) is 5.95. The second-order valence-corrected chi connectivity index (χ2v) is 10.3. The Morgan fingerprint density at radius 1 is 0.833 bits per heavy atom. The summed E-state index contributed by atoms with van der Waals surface area (Å²) in [5.74, 6) is -8.51. The van der Waals surface area contributed by atoms with E-state index < -0.39 is 52.8 Å². The number of rotatable bonds is 6. The van der Waals surface area contributed by atoms with Gasteiger partial charge in [0, 0.05) is 23.6 Å². The fraction of sp³-hybridized carbons (Fsp3) is 0.538. The molecule has 2 saturated carbocycles. The minimum absolute atomic E-state index is 0.128. The van der Waals surface area contributed by atoms with Gasteiger partial charge in [0.05, 0.1) is 13.2 Å². The van der Waals surface area contributed by atoms with E-state index in [2.05, 4.69) is 11.7 Å². The van der Waals surface area contributed by atoms with Crippen LogP contribution in [0.4, 0.5) is 30.7 Å². The smallest absolute Gasteiger partial charge is 0.429 e. The summed E-state index contributed by atoms with van der Waals surface area (Å²) in [6.45, 7) is 2.86. The van der Waals surface area contributed by atoms with Crippen LogP contribution in [0.1, 0.15) is 56.4 Å². The molecule has 2 aromatic carbocycles. The summed E-state index contributed by atoms with van der Waals surface area (Å²) in [4.78, 5) is 0. The van der Waals surface area contributed by atoms with Gasteiger partial charge in [-0.15, -0.1) is 0 Å². The molecule has 0 amide bonds. The van der Waals surface area contributed by atoms with E-state index in [1.54, 1.807) is 0 Å². The van der Waals surface area contributed by atoms with Gasteiger partial charge in [-0.25, -0.2) is 22.0 Å². The second kappa shape index (κ2) is 9.20. The van der Waals surface area contributed by atoms with E-state index >= 15 is 0 Å². The van der Waals surface area contributed by atoms with Crippen molar-refractivity contribution in [3.63, 3.8) is 0 Å². The van der Waals surface area contributed by atoms with Crippen molar-refractivity contribution in [1.82, 2.24) is 0 Å². The molecule has 0 N–H and O–H groups in total. The van der Waals surface area contributed by atoms with Crippen LogP contribution in [0.2, 0.25) is 0 Å². The molecule has 0 radical (unpaired) electrons. The molecular formula is C26H25F7O3. The fourth-order valence-electron chi connectivity index (χ4n) is 5.95. The van der Waals surface area contributed by atoms with Crippen LogP contribution in [0, 0.1) is 52.3 Å². The highest BCUT2D eigenvalue weighted by molar-refractivity contribution is 5.32. The van der Waals surface area contributed by atoms with Crippen molar-refractivity contribution in [1.29, 1.82) is 0 Å². The van der Waals surface area contributed by atoms with Crippen LogP contribution < -0.4 is 4.74 Å². The van der Waals surface area contributed by atoms with Crippen molar-refractivity contribution in [3.05, 3.63) is 64.5 Å². The summed E-state index contributed by atoms with van der Waals surface area (Å²) < 4.78 is 113. The first-order valence-electron chi connectivity index (χ1n) is 11.9. The average molecular weight is 518 g/mol. The van der Waals surface area contributed by atoms with Gasteiger partial charge in [-0.1, -0.05) is 13.3 Å². The van der Waals surface area contributed by atoms with Crippen LogP contribution in [-0.4, -0.2) is 13.2 Å². The number of benzene rings is 2. The lowest BCUT2D eigenvalue weighted by Gasteiger charge is -2.60. The third kappa shape index (κ3) is 4.58. The Labute approximate surface area is 203 Å². The molecule has 10 heteroatoms. The van der Waals surface area contributed by atoms with E-state index in [-0.39, 0.29) is 23.6 Å². The predicted octanol–water partition coefficient (Wildman–Crippen LogP) is 7.39. The highest BCUT2D eigenvalue weighted by Gasteiger charge is 2.54. The first-order valence-corrected chi connectivity index (χ1v) is 11.9. The molecule has 3 nitrogen and oxygen atoms in total. The Morgan fingerprint density at radius 3 is 1.92 bits per heavy atom. The van der Waals surface area contributed by atoms with Crippen LogP contribution in [0.3, 0.4) is 0 Å². The summed E-state index contributed by atoms with van der Waals surface area (Å²) in [5.41, 5.74) is -1.43. The van der Waals surface area contributed by atoms with Crippen LogP contribution in [0.5, 0.6) is 5.75 Å². The highest BCUT2D eigenvalue weighted by Crippen LogP contribution is 2.63. The molecule has 0 bridgehead atoms. The Balaban J connectivity index is 1.23. The molecule has 2 aliphatic carbocycles. The Kier molecular flexibility index (Phi) is 6.47. The summed E-state index contributed by atoms with van der Waals surface area (Å²) in [6.07, 6.45) is 0.207. The lowest BCUT2D eigenvalue weighted by Crippen LogP contribution is -2.51. The predicted molar refractivity (Wildman–Crippen MR) is 114 cm³/mol. The van der Waals surface area contributed by atoms with Crippen molar-refractivity contribution in [2.45, 2.75) is 51.4 Å². The maximum atomic E-state index is 14.6. The van der Waals surface area contributed by atoms with Crippen LogP contribution >= 0.6 is 0 Å². The zero-order valence-electron chi connectivity index (χ0n) is 19.4. The van der Waals surface area contributed by atoms with Crippen molar-refractivity contribution >= 4 is 0 Å². The summed E-state index contributed by atoms with van der Waals surface area (Å²) in [6, 6.07) is 1.58. The van der Waals surface area contributed by atoms with E-state index in [1.807, 2.05) is 0 Å². The molecule has 0 unspecified atom stereocenters. The molecule has 1 saturated heterocycles. The Morgan fingerprint density at radius 2 is 1.39 bits per heavy atom. The van der Waals surface area contributed by atoms with Crippen molar-refractivity contribution < 1.29 is 44.9 Å². The molecular weight excluding hydrogens is 493 g/mol. The van der Waals surface area contributed by atoms with Crippen LogP contribution in [0.25, 0.3) is 0 Å². The summed E-state index contributed by atoms with van der Waals surface area (Å²) in [5, 5.41) is 0. The maximum Gasteiger partial charge on any atom is 0.432 e. The van der Waals surface area contributed by atoms with Crippen molar-refractivity contribution in [3.8, 4) is 5.75 Å². The molecule has 0 aromatic heterocycles. The Hall–Kier alpha value is -2.33. The zero-order chi connectivity index (χ0) is 25.8. The maximum absolute atomic E-state index is 14.6. The third-order valence-electron chi connectivity index (χ3n) is 7.83. The normalized spacial score (nSPS) is 30.1. The molecule has 0 atom stereocenters. The Bertz CT molecular complexity index is 1090. The van der Waals surface area contributed by atoms with Gasteiger partial charge in [-0.3, -0.25) is 0 Å². The molecule has 5 rings (SSSR count). The topological polar surface area (TPSA) is 27.7 Å².